The van der Waals surface area contributed by atoms with Gasteiger partial charge in [0.15, 0.2) is 0 Å². The van der Waals surface area contributed by atoms with Gasteiger partial charge in [0.05, 0.1) is 6.04 Å². The van der Waals surface area contributed by atoms with Crippen LogP contribution in [-0.4, -0.2) is 65.3 Å². The highest BCUT2D eigenvalue weighted by atomic mass is 19.1. The summed E-state index contributed by atoms with van der Waals surface area (Å²) in [7, 11) is 0. The van der Waals surface area contributed by atoms with Gasteiger partial charge < -0.3 is 20.9 Å². The molecule has 3 N–H and O–H groups in total. The van der Waals surface area contributed by atoms with Crippen molar-refractivity contribution in [2.24, 2.45) is 11.7 Å². The average Bonchev–Trinajstić information content (AvgIpc) is 3.64. The van der Waals surface area contributed by atoms with E-state index in [0.717, 1.165) is 25.7 Å². The summed E-state index contributed by atoms with van der Waals surface area (Å²) in [5.74, 6) is -0.747. The number of nitrogens with one attached hydrogen (secondary N) is 1. The van der Waals surface area contributed by atoms with Gasteiger partial charge >= 0.3 is 0 Å². The van der Waals surface area contributed by atoms with Crippen molar-refractivity contribution in [1.82, 2.24) is 15.1 Å². The van der Waals surface area contributed by atoms with Crippen LogP contribution in [0.15, 0.2) is 24.3 Å². The first-order valence-corrected chi connectivity index (χ1v) is 10.4. The van der Waals surface area contributed by atoms with E-state index in [4.69, 9.17) is 5.73 Å². The van der Waals surface area contributed by atoms with Crippen LogP contribution in [0.25, 0.3) is 0 Å². The molecule has 2 atom stereocenters. The molecule has 2 saturated carbocycles. The molecule has 1 aliphatic heterocycles. The van der Waals surface area contributed by atoms with Gasteiger partial charge in [-0.15, -0.1) is 0 Å². The lowest BCUT2D eigenvalue weighted by molar-refractivity contribution is -0.135. The molecule has 0 bridgehead atoms. The van der Waals surface area contributed by atoms with E-state index < -0.39 is 11.9 Å². The summed E-state index contributed by atoms with van der Waals surface area (Å²) < 4.78 is 13.3. The Morgan fingerprint density at radius 3 is 2.38 bits per heavy atom. The van der Waals surface area contributed by atoms with Crippen molar-refractivity contribution >= 4 is 17.7 Å². The molecule has 7 nitrogen and oxygen atoms in total. The van der Waals surface area contributed by atoms with Crippen LogP contribution in [-0.2, 0) is 9.59 Å². The Hall–Kier alpha value is -2.48. The summed E-state index contributed by atoms with van der Waals surface area (Å²) in [6.45, 7) is 0.944. The fourth-order valence-electron chi connectivity index (χ4n) is 4.11. The summed E-state index contributed by atoms with van der Waals surface area (Å²) in [4.78, 5) is 42.2. The quantitative estimate of drug-likeness (QED) is 0.708. The minimum atomic E-state index is -0.669. The Bertz CT molecular complexity index is 792. The van der Waals surface area contributed by atoms with Crippen LogP contribution in [0, 0.1) is 11.7 Å². The van der Waals surface area contributed by atoms with Gasteiger partial charge in [0.2, 0.25) is 11.8 Å². The van der Waals surface area contributed by atoms with E-state index in [1.54, 1.807) is 0 Å². The predicted molar refractivity (Wildman–Crippen MR) is 104 cm³/mol. The van der Waals surface area contributed by atoms with Crippen molar-refractivity contribution in [3.63, 3.8) is 0 Å². The Morgan fingerprint density at radius 2 is 1.79 bits per heavy atom. The van der Waals surface area contributed by atoms with Crippen molar-refractivity contribution in [3.8, 4) is 0 Å². The zero-order valence-electron chi connectivity index (χ0n) is 16.4. The number of hydrogen-bond acceptors (Lipinski definition) is 4. The van der Waals surface area contributed by atoms with Gasteiger partial charge in [-0.3, -0.25) is 14.4 Å². The number of hydrogen-bond donors (Lipinski definition) is 2. The Morgan fingerprint density at radius 1 is 1.10 bits per heavy atom. The third-order valence-electron chi connectivity index (χ3n) is 5.89. The van der Waals surface area contributed by atoms with Crippen LogP contribution in [0.4, 0.5) is 4.39 Å². The van der Waals surface area contributed by atoms with Crippen LogP contribution >= 0.6 is 0 Å². The Kier molecular flexibility index (Phi) is 5.54. The smallest absolute Gasteiger partial charge is 0.254 e. The summed E-state index contributed by atoms with van der Waals surface area (Å²) >= 11 is 0. The second-order valence-electron chi connectivity index (χ2n) is 8.20. The van der Waals surface area contributed by atoms with E-state index in [1.165, 1.54) is 29.2 Å². The lowest BCUT2D eigenvalue weighted by Gasteiger charge is -2.29. The molecule has 1 aromatic rings. The second-order valence-corrected chi connectivity index (χ2v) is 8.20. The fraction of sp³-hybridized carbons (Fsp3) is 0.571. The highest BCUT2D eigenvalue weighted by molar-refractivity contribution is 5.98. The number of likely N-dealkylation sites (tertiary alicyclic amines) is 1. The predicted octanol–water partition coefficient (Wildman–Crippen LogP) is 0.885. The normalized spacial score (nSPS) is 23.7. The first-order chi connectivity index (χ1) is 14.0. The molecule has 0 spiro atoms. The Labute approximate surface area is 169 Å². The van der Waals surface area contributed by atoms with E-state index in [9.17, 15) is 18.8 Å². The highest BCUT2D eigenvalue weighted by Crippen LogP contribution is 2.39. The number of benzene rings is 1. The molecule has 8 heteroatoms. The van der Waals surface area contributed by atoms with Gasteiger partial charge in [0.25, 0.3) is 5.91 Å². The van der Waals surface area contributed by atoms with Gasteiger partial charge in [-0.05, 0) is 56.4 Å². The number of amides is 3. The maximum Gasteiger partial charge on any atom is 0.254 e. The summed E-state index contributed by atoms with van der Waals surface area (Å²) in [6, 6.07) is 4.70. The van der Waals surface area contributed by atoms with Gasteiger partial charge in [0, 0.05) is 37.2 Å². The number of carbonyl (C=O) groups excluding carboxylic acids is 3. The molecule has 2 unspecified atom stereocenters. The van der Waals surface area contributed by atoms with E-state index in [2.05, 4.69) is 5.32 Å². The molecule has 0 radical (unpaired) electrons. The zero-order chi connectivity index (χ0) is 20.5. The maximum absolute atomic E-state index is 13.3. The molecule has 156 valence electrons. The molecule has 1 saturated heterocycles. The molecule has 1 aromatic carbocycles. The molecule has 3 fully saturated rings. The van der Waals surface area contributed by atoms with E-state index >= 15 is 0 Å². The van der Waals surface area contributed by atoms with E-state index in [0.29, 0.717) is 31.6 Å². The van der Waals surface area contributed by atoms with Crippen LogP contribution in [0.5, 0.6) is 0 Å². The number of nitrogens with two attached hydrogens (primary N) is 1. The van der Waals surface area contributed by atoms with Gasteiger partial charge in [-0.2, -0.15) is 0 Å². The topological polar surface area (TPSA) is 95.7 Å². The molecular formula is C21H27FN4O3. The van der Waals surface area contributed by atoms with Crippen molar-refractivity contribution in [2.75, 3.05) is 19.6 Å². The Balaban J connectivity index is 1.56. The zero-order valence-corrected chi connectivity index (χ0v) is 16.4. The second kappa shape index (κ2) is 8.10. The number of nitrogens with zero attached hydrogens (tertiary/aromatic N) is 2. The van der Waals surface area contributed by atoms with E-state index in [1.807, 2.05) is 4.90 Å². The van der Waals surface area contributed by atoms with Crippen LogP contribution in [0.1, 0.15) is 42.5 Å². The average molecular weight is 402 g/mol. The standard InChI is InChI=1S/C21H27FN4O3/c22-15-5-3-13(4-6-15)20(28)25-12-17(11-18(25)19(27)24-10-9-23)26(16-7-8-16)21(29)14-1-2-14/h3-6,14,16-18H,1-2,7-12,23H2,(H,24,27). The third-order valence-corrected chi connectivity index (χ3v) is 5.89. The molecule has 4 rings (SSSR count). The highest BCUT2D eigenvalue weighted by Gasteiger charge is 2.49. The van der Waals surface area contributed by atoms with Crippen molar-refractivity contribution in [1.29, 1.82) is 0 Å². The van der Waals surface area contributed by atoms with Gasteiger partial charge in [-0.1, -0.05) is 0 Å². The van der Waals surface area contributed by atoms with Gasteiger partial charge in [0.1, 0.15) is 11.9 Å². The largest absolute Gasteiger partial charge is 0.353 e. The first-order valence-electron chi connectivity index (χ1n) is 10.4. The van der Waals surface area contributed by atoms with Crippen LogP contribution in [0.2, 0.25) is 0 Å². The van der Waals surface area contributed by atoms with Crippen molar-refractivity contribution in [3.05, 3.63) is 35.6 Å². The molecule has 1 heterocycles. The molecule has 0 aromatic heterocycles. The van der Waals surface area contributed by atoms with Gasteiger partial charge in [-0.25, -0.2) is 4.39 Å². The molecule has 3 amide bonds. The SMILES string of the molecule is NCCNC(=O)C1CC(N(C(=O)C2CC2)C2CC2)CN1C(=O)c1ccc(F)cc1. The summed E-state index contributed by atoms with van der Waals surface area (Å²) in [6.07, 6.45) is 4.22. The molecule has 29 heavy (non-hydrogen) atoms. The summed E-state index contributed by atoms with van der Waals surface area (Å²) in [5, 5.41) is 2.77. The van der Waals surface area contributed by atoms with E-state index in [-0.39, 0.29) is 35.7 Å². The summed E-state index contributed by atoms with van der Waals surface area (Å²) in [5.41, 5.74) is 5.82. The van der Waals surface area contributed by atoms with Crippen LogP contribution < -0.4 is 11.1 Å². The minimum Gasteiger partial charge on any atom is -0.353 e. The fourth-order valence-corrected chi connectivity index (χ4v) is 4.11. The third kappa shape index (κ3) is 4.27. The lowest BCUT2D eigenvalue weighted by atomic mass is 10.1. The maximum atomic E-state index is 13.3. The monoisotopic (exact) mass is 402 g/mol. The first kappa shape index (κ1) is 19.8. The number of rotatable bonds is 7. The minimum absolute atomic E-state index is 0.0990. The van der Waals surface area contributed by atoms with Crippen LogP contribution in [0.3, 0.4) is 0 Å². The van der Waals surface area contributed by atoms with Crippen molar-refractivity contribution < 1.29 is 18.8 Å². The molecule has 2 aliphatic carbocycles. The lowest BCUT2D eigenvalue weighted by Crippen LogP contribution is -2.47. The molecule has 3 aliphatic rings. The van der Waals surface area contributed by atoms with Crippen molar-refractivity contribution in [2.45, 2.75) is 50.2 Å². The number of carbonyl (C=O) groups is 3. The number of halogens is 1. The molecular weight excluding hydrogens is 375 g/mol.